The van der Waals surface area contributed by atoms with Gasteiger partial charge in [-0.3, -0.25) is 9.59 Å². The Hall–Kier alpha value is -1.41. The van der Waals surface area contributed by atoms with E-state index in [0.29, 0.717) is 14.5 Å². The van der Waals surface area contributed by atoms with Crippen LogP contribution in [0.3, 0.4) is 0 Å². The molecule has 0 atom stereocenters. The first kappa shape index (κ1) is 16.6. The Morgan fingerprint density at radius 2 is 1.80 bits per heavy atom. The second kappa shape index (κ2) is 7.39. The molecule has 0 aromatic heterocycles. The van der Waals surface area contributed by atoms with E-state index in [1.807, 2.05) is 0 Å². The molecule has 0 aliphatic carbocycles. The molecule has 0 spiro atoms. The lowest BCUT2D eigenvalue weighted by atomic mass is 10.2. The fourth-order valence-electron chi connectivity index (χ4n) is 1.20. The molecule has 0 heterocycles. The molecular weight excluding hydrogens is 394 g/mol. The first-order valence-corrected chi connectivity index (χ1v) is 7.21. The standard InChI is InChI=1S/C12H13Br2N3O3/c1-6(2)16-11(19)12(20)17-15-5-7-3-8(13)10(18)9(14)4-7/h3-6,18H,1-2H3,(H,16,19)(H,17,20)/b15-5+. The van der Waals surface area contributed by atoms with Crippen molar-refractivity contribution in [2.24, 2.45) is 5.10 Å². The third-order valence-electron chi connectivity index (χ3n) is 2.04. The van der Waals surface area contributed by atoms with Crippen molar-refractivity contribution in [3.05, 3.63) is 26.6 Å². The molecule has 0 bridgehead atoms. The van der Waals surface area contributed by atoms with Crippen LogP contribution in [0.5, 0.6) is 5.75 Å². The van der Waals surface area contributed by atoms with Gasteiger partial charge in [0.05, 0.1) is 15.2 Å². The van der Waals surface area contributed by atoms with E-state index in [1.54, 1.807) is 26.0 Å². The van der Waals surface area contributed by atoms with Crippen LogP contribution in [0.2, 0.25) is 0 Å². The second-order valence-electron chi connectivity index (χ2n) is 4.16. The highest BCUT2D eigenvalue weighted by Gasteiger charge is 2.13. The number of phenols is 1. The minimum Gasteiger partial charge on any atom is -0.506 e. The molecule has 0 saturated carbocycles. The highest BCUT2D eigenvalue weighted by atomic mass is 79.9. The SMILES string of the molecule is CC(C)NC(=O)C(=O)N/N=C/c1cc(Br)c(O)c(Br)c1. The average molecular weight is 407 g/mol. The number of carbonyl (C=O) groups excluding carboxylic acids is 2. The Bertz CT molecular complexity index is 536. The number of amides is 2. The number of rotatable bonds is 3. The zero-order chi connectivity index (χ0) is 15.3. The summed E-state index contributed by atoms with van der Waals surface area (Å²) in [7, 11) is 0. The summed E-state index contributed by atoms with van der Waals surface area (Å²) in [4.78, 5) is 22.7. The first-order valence-electron chi connectivity index (χ1n) is 5.63. The molecule has 0 radical (unpaired) electrons. The van der Waals surface area contributed by atoms with E-state index in [1.165, 1.54) is 6.21 Å². The number of hydrogen-bond acceptors (Lipinski definition) is 4. The Balaban J connectivity index is 2.66. The van der Waals surface area contributed by atoms with Gasteiger partial charge in [0.1, 0.15) is 5.75 Å². The minimum atomic E-state index is -0.841. The topological polar surface area (TPSA) is 90.8 Å². The maximum atomic E-state index is 11.4. The summed E-state index contributed by atoms with van der Waals surface area (Å²) >= 11 is 6.35. The van der Waals surface area contributed by atoms with Crippen LogP contribution in [0.25, 0.3) is 0 Å². The van der Waals surface area contributed by atoms with Gasteiger partial charge in [-0.15, -0.1) is 0 Å². The molecule has 0 fully saturated rings. The van der Waals surface area contributed by atoms with Crippen LogP contribution < -0.4 is 10.7 Å². The summed E-state index contributed by atoms with van der Waals surface area (Å²) < 4.78 is 0.967. The van der Waals surface area contributed by atoms with E-state index < -0.39 is 11.8 Å². The summed E-state index contributed by atoms with van der Waals surface area (Å²) in [6, 6.07) is 3.11. The van der Waals surface area contributed by atoms with Crippen molar-refractivity contribution in [2.45, 2.75) is 19.9 Å². The van der Waals surface area contributed by atoms with E-state index in [0.717, 1.165) is 0 Å². The number of halogens is 2. The second-order valence-corrected chi connectivity index (χ2v) is 5.87. The number of nitrogens with zero attached hydrogens (tertiary/aromatic N) is 1. The van der Waals surface area contributed by atoms with Gasteiger partial charge >= 0.3 is 11.8 Å². The number of phenolic OH excluding ortho intramolecular Hbond substituents is 1. The third kappa shape index (κ3) is 4.93. The molecule has 2 amide bonds. The van der Waals surface area contributed by atoms with Crippen molar-refractivity contribution in [1.29, 1.82) is 0 Å². The zero-order valence-electron chi connectivity index (χ0n) is 10.8. The van der Waals surface area contributed by atoms with Gasteiger partial charge < -0.3 is 10.4 Å². The number of hydrogen-bond donors (Lipinski definition) is 3. The van der Waals surface area contributed by atoms with Crippen LogP contribution >= 0.6 is 31.9 Å². The lowest BCUT2D eigenvalue weighted by molar-refractivity contribution is -0.139. The lowest BCUT2D eigenvalue weighted by Gasteiger charge is -2.06. The number of carbonyl (C=O) groups is 2. The van der Waals surface area contributed by atoms with E-state index in [-0.39, 0.29) is 11.8 Å². The molecule has 6 nitrogen and oxygen atoms in total. The van der Waals surface area contributed by atoms with Gasteiger partial charge in [-0.1, -0.05) is 0 Å². The molecule has 0 aliphatic rings. The summed E-state index contributed by atoms with van der Waals surface area (Å²) in [6.45, 7) is 3.50. The van der Waals surface area contributed by atoms with Crippen molar-refractivity contribution in [3.63, 3.8) is 0 Å². The van der Waals surface area contributed by atoms with Gasteiger partial charge in [-0.05, 0) is 63.4 Å². The Morgan fingerprint density at radius 1 is 1.25 bits per heavy atom. The lowest BCUT2D eigenvalue weighted by Crippen LogP contribution is -2.41. The highest BCUT2D eigenvalue weighted by molar-refractivity contribution is 9.11. The molecule has 1 aromatic carbocycles. The van der Waals surface area contributed by atoms with Gasteiger partial charge in [0.2, 0.25) is 0 Å². The Labute approximate surface area is 132 Å². The number of aromatic hydroxyl groups is 1. The first-order chi connectivity index (χ1) is 9.31. The predicted molar refractivity (Wildman–Crippen MR) is 82.5 cm³/mol. The molecule has 0 unspecified atom stereocenters. The fraction of sp³-hybridized carbons (Fsp3) is 0.250. The van der Waals surface area contributed by atoms with Crippen LogP contribution in [-0.4, -0.2) is 29.2 Å². The van der Waals surface area contributed by atoms with E-state index in [9.17, 15) is 14.7 Å². The van der Waals surface area contributed by atoms with E-state index in [2.05, 4.69) is 47.7 Å². The molecular formula is C12H13Br2N3O3. The van der Waals surface area contributed by atoms with Crippen molar-refractivity contribution in [1.82, 2.24) is 10.7 Å². The maximum Gasteiger partial charge on any atom is 0.329 e. The van der Waals surface area contributed by atoms with Gasteiger partial charge in [-0.2, -0.15) is 5.10 Å². The molecule has 0 saturated heterocycles. The van der Waals surface area contributed by atoms with Crippen LogP contribution in [-0.2, 0) is 9.59 Å². The van der Waals surface area contributed by atoms with Crippen LogP contribution in [0.1, 0.15) is 19.4 Å². The van der Waals surface area contributed by atoms with Crippen LogP contribution in [0.4, 0.5) is 0 Å². The van der Waals surface area contributed by atoms with Crippen LogP contribution in [0, 0.1) is 0 Å². The van der Waals surface area contributed by atoms with E-state index >= 15 is 0 Å². The fourth-order valence-corrected chi connectivity index (χ4v) is 2.43. The van der Waals surface area contributed by atoms with Gasteiger partial charge in [-0.25, -0.2) is 5.43 Å². The largest absolute Gasteiger partial charge is 0.506 e. The quantitative estimate of drug-likeness (QED) is 0.406. The van der Waals surface area contributed by atoms with Crippen molar-refractivity contribution in [2.75, 3.05) is 0 Å². The molecule has 0 aliphatic heterocycles. The molecule has 20 heavy (non-hydrogen) atoms. The van der Waals surface area contributed by atoms with Gasteiger partial charge in [0.25, 0.3) is 0 Å². The summed E-state index contributed by atoms with van der Waals surface area (Å²) in [5.41, 5.74) is 2.75. The molecule has 108 valence electrons. The molecule has 1 rings (SSSR count). The minimum absolute atomic E-state index is 0.0718. The normalized spacial score (nSPS) is 10.8. The van der Waals surface area contributed by atoms with Crippen LogP contribution in [0.15, 0.2) is 26.2 Å². The van der Waals surface area contributed by atoms with Gasteiger partial charge in [0, 0.05) is 6.04 Å². The van der Waals surface area contributed by atoms with Crippen molar-refractivity contribution >= 4 is 49.9 Å². The predicted octanol–water partition coefficient (Wildman–Crippen LogP) is 1.89. The number of benzene rings is 1. The number of nitrogens with one attached hydrogen (secondary N) is 2. The Kier molecular flexibility index (Phi) is 6.15. The number of hydrazone groups is 1. The third-order valence-corrected chi connectivity index (χ3v) is 3.25. The maximum absolute atomic E-state index is 11.4. The summed E-state index contributed by atoms with van der Waals surface area (Å²) in [5, 5.41) is 15.7. The Morgan fingerprint density at radius 3 is 2.30 bits per heavy atom. The summed E-state index contributed by atoms with van der Waals surface area (Å²) in [5.74, 6) is -1.51. The van der Waals surface area contributed by atoms with Crippen molar-refractivity contribution < 1.29 is 14.7 Å². The molecule has 3 N–H and O–H groups in total. The summed E-state index contributed by atoms with van der Waals surface area (Å²) in [6.07, 6.45) is 1.36. The zero-order valence-corrected chi connectivity index (χ0v) is 13.9. The van der Waals surface area contributed by atoms with E-state index in [4.69, 9.17) is 0 Å². The smallest absolute Gasteiger partial charge is 0.329 e. The molecule has 8 heteroatoms. The highest BCUT2D eigenvalue weighted by Crippen LogP contribution is 2.32. The monoisotopic (exact) mass is 405 g/mol. The van der Waals surface area contributed by atoms with Crippen molar-refractivity contribution in [3.8, 4) is 5.75 Å². The van der Waals surface area contributed by atoms with Gasteiger partial charge in [0.15, 0.2) is 0 Å². The average Bonchev–Trinajstić information content (AvgIpc) is 2.34. The molecule has 1 aromatic rings.